The fourth-order valence-corrected chi connectivity index (χ4v) is 1.26. The highest BCUT2D eigenvalue weighted by atomic mass is 16.4. The van der Waals surface area contributed by atoms with E-state index in [0.29, 0.717) is 24.3 Å². The molecule has 0 aliphatic carbocycles. The molecule has 2 heterocycles. The van der Waals surface area contributed by atoms with Gasteiger partial charge in [0.25, 0.3) is 0 Å². The van der Waals surface area contributed by atoms with Crippen molar-refractivity contribution in [1.29, 1.82) is 0 Å². The zero-order chi connectivity index (χ0) is 13.0. The lowest BCUT2D eigenvalue weighted by Gasteiger charge is -2.18. The Morgan fingerprint density at radius 1 is 1.22 bits per heavy atom. The third-order valence-corrected chi connectivity index (χ3v) is 2.14. The van der Waals surface area contributed by atoms with Crippen LogP contribution in [0, 0.1) is 0 Å². The Bertz CT molecular complexity index is 489. The van der Waals surface area contributed by atoms with Gasteiger partial charge in [-0.2, -0.15) is 0 Å². The molecule has 6 nitrogen and oxygen atoms in total. The molecule has 0 saturated carbocycles. The minimum Gasteiger partial charge on any atom is -0.406 e. The van der Waals surface area contributed by atoms with E-state index in [1.807, 2.05) is 18.2 Å². The van der Waals surface area contributed by atoms with Crippen molar-refractivity contribution >= 4 is 11.8 Å². The van der Waals surface area contributed by atoms with Crippen molar-refractivity contribution in [3.05, 3.63) is 30.3 Å². The normalized spacial score (nSPS) is 11.5. The van der Waals surface area contributed by atoms with E-state index in [4.69, 9.17) is 4.42 Å². The van der Waals surface area contributed by atoms with Crippen molar-refractivity contribution in [2.24, 2.45) is 0 Å². The van der Waals surface area contributed by atoms with E-state index in [1.54, 1.807) is 6.20 Å². The van der Waals surface area contributed by atoms with Gasteiger partial charge in [0.05, 0.1) is 6.54 Å². The van der Waals surface area contributed by atoms with Crippen LogP contribution >= 0.6 is 0 Å². The third kappa shape index (κ3) is 3.81. The summed E-state index contributed by atoms with van der Waals surface area (Å²) in [7, 11) is 0. The van der Waals surface area contributed by atoms with E-state index in [2.05, 4.69) is 46.6 Å². The fourth-order valence-electron chi connectivity index (χ4n) is 1.26. The summed E-state index contributed by atoms with van der Waals surface area (Å²) >= 11 is 0. The molecule has 0 fully saturated rings. The van der Waals surface area contributed by atoms with Gasteiger partial charge >= 0.3 is 6.01 Å². The Morgan fingerprint density at radius 2 is 2.06 bits per heavy atom. The fraction of sp³-hybridized carbons (Fsp3) is 0.417. The highest BCUT2D eigenvalue weighted by Crippen LogP contribution is 2.12. The van der Waals surface area contributed by atoms with Crippen molar-refractivity contribution in [2.45, 2.75) is 32.9 Å². The summed E-state index contributed by atoms with van der Waals surface area (Å²) in [5.74, 6) is 1.22. The molecular weight excluding hydrogens is 230 g/mol. The molecule has 0 aliphatic rings. The van der Waals surface area contributed by atoms with Crippen molar-refractivity contribution in [2.75, 3.05) is 5.32 Å². The van der Waals surface area contributed by atoms with Crippen LogP contribution in [0.2, 0.25) is 0 Å². The average Bonchev–Trinajstić information content (AvgIpc) is 2.75. The number of aromatic nitrogens is 3. The zero-order valence-electron chi connectivity index (χ0n) is 10.8. The van der Waals surface area contributed by atoms with Gasteiger partial charge in [0.2, 0.25) is 5.89 Å². The summed E-state index contributed by atoms with van der Waals surface area (Å²) in [5.41, 5.74) is 0.0169. The number of hydrogen-bond acceptors (Lipinski definition) is 6. The molecular formula is C12H17N5O. The number of hydrogen-bond donors (Lipinski definition) is 2. The molecule has 0 spiro atoms. The minimum absolute atomic E-state index is 0.0169. The molecule has 6 heteroatoms. The first-order valence-corrected chi connectivity index (χ1v) is 5.78. The van der Waals surface area contributed by atoms with Gasteiger partial charge in [0, 0.05) is 11.7 Å². The van der Waals surface area contributed by atoms with Crippen LogP contribution in [0.25, 0.3) is 0 Å². The number of pyridine rings is 1. The smallest absolute Gasteiger partial charge is 0.321 e. The van der Waals surface area contributed by atoms with Gasteiger partial charge in [-0.3, -0.25) is 5.32 Å². The van der Waals surface area contributed by atoms with Crippen LogP contribution in [0.3, 0.4) is 0 Å². The lowest BCUT2D eigenvalue weighted by molar-refractivity contribution is 0.384. The second-order valence-electron chi connectivity index (χ2n) is 4.94. The molecule has 2 rings (SSSR count). The monoisotopic (exact) mass is 247 g/mol. The molecule has 96 valence electrons. The minimum atomic E-state index is 0.0169. The maximum absolute atomic E-state index is 5.45. The molecule has 2 aromatic rings. The Morgan fingerprint density at radius 3 is 2.72 bits per heavy atom. The lowest BCUT2D eigenvalue weighted by atomic mass is 10.1. The van der Waals surface area contributed by atoms with E-state index in [0.717, 1.165) is 0 Å². The summed E-state index contributed by atoms with van der Waals surface area (Å²) in [4.78, 5) is 4.11. The SMILES string of the molecule is CC(C)(C)NCc1nnc(Nc2ccccn2)o1. The van der Waals surface area contributed by atoms with Crippen LogP contribution in [-0.4, -0.2) is 20.7 Å². The molecule has 0 bridgehead atoms. The van der Waals surface area contributed by atoms with Gasteiger partial charge in [-0.15, -0.1) is 5.10 Å². The van der Waals surface area contributed by atoms with Gasteiger partial charge in [-0.1, -0.05) is 11.2 Å². The summed E-state index contributed by atoms with van der Waals surface area (Å²) in [6, 6.07) is 5.90. The lowest BCUT2D eigenvalue weighted by Crippen LogP contribution is -2.35. The van der Waals surface area contributed by atoms with Gasteiger partial charge in [-0.05, 0) is 32.9 Å². The largest absolute Gasteiger partial charge is 0.406 e. The van der Waals surface area contributed by atoms with E-state index < -0.39 is 0 Å². The summed E-state index contributed by atoms with van der Waals surface area (Å²) in [5, 5.41) is 14.1. The quantitative estimate of drug-likeness (QED) is 0.861. The first-order chi connectivity index (χ1) is 8.53. The second kappa shape index (κ2) is 5.14. The standard InChI is InChI=1S/C12H17N5O/c1-12(2,3)14-8-10-16-17-11(18-10)15-9-6-4-5-7-13-9/h4-7,14H,8H2,1-3H3,(H,13,15,17). The topological polar surface area (TPSA) is 75.9 Å². The molecule has 0 unspecified atom stereocenters. The first-order valence-electron chi connectivity index (χ1n) is 5.78. The Labute approximate surface area is 106 Å². The highest BCUT2D eigenvalue weighted by molar-refractivity contribution is 5.44. The van der Waals surface area contributed by atoms with Gasteiger partial charge in [0.1, 0.15) is 5.82 Å². The molecule has 0 aliphatic heterocycles. The van der Waals surface area contributed by atoms with Crippen LogP contribution in [-0.2, 0) is 6.54 Å². The molecule has 2 N–H and O–H groups in total. The maximum atomic E-state index is 5.45. The van der Waals surface area contributed by atoms with Crippen molar-refractivity contribution in [1.82, 2.24) is 20.5 Å². The average molecular weight is 247 g/mol. The van der Waals surface area contributed by atoms with Crippen LogP contribution in [0.15, 0.2) is 28.8 Å². The third-order valence-electron chi connectivity index (χ3n) is 2.14. The molecule has 2 aromatic heterocycles. The van der Waals surface area contributed by atoms with E-state index in [-0.39, 0.29) is 5.54 Å². The summed E-state index contributed by atoms with van der Waals surface area (Å²) in [6.07, 6.45) is 1.70. The molecule has 0 radical (unpaired) electrons. The van der Waals surface area contributed by atoms with Gasteiger partial charge < -0.3 is 9.73 Å². The van der Waals surface area contributed by atoms with E-state index >= 15 is 0 Å². The Hall–Kier alpha value is -1.95. The van der Waals surface area contributed by atoms with Crippen LogP contribution < -0.4 is 10.6 Å². The Kier molecular flexibility index (Phi) is 3.57. The van der Waals surface area contributed by atoms with Gasteiger partial charge in [-0.25, -0.2) is 4.98 Å². The van der Waals surface area contributed by atoms with Crippen LogP contribution in [0.4, 0.5) is 11.8 Å². The van der Waals surface area contributed by atoms with Crippen molar-refractivity contribution in [3.8, 4) is 0 Å². The second-order valence-corrected chi connectivity index (χ2v) is 4.94. The number of rotatable bonds is 4. The van der Waals surface area contributed by atoms with Crippen LogP contribution in [0.5, 0.6) is 0 Å². The molecule has 0 saturated heterocycles. The zero-order valence-corrected chi connectivity index (χ0v) is 10.8. The molecule has 0 amide bonds. The van der Waals surface area contributed by atoms with Gasteiger partial charge in [0.15, 0.2) is 0 Å². The highest BCUT2D eigenvalue weighted by Gasteiger charge is 2.12. The number of nitrogens with one attached hydrogen (secondary N) is 2. The number of nitrogens with zero attached hydrogens (tertiary/aromatic N) is 3. The molecule has 18 heavy (non-hydrogen) atoms. The summed E-state index contributed by atoms with van der Waals surface area (Å²) in [6.45, 7) is 6.78. The van der Waals surface area contributed by atoms with Crippen molar-refractivity contribution < 1.29 is 4.42 Å². The predicted octanol–water partition coefficient (Wildman–Crippen LogP) is 2.10. The Balaban J connectivity index is 1.94. The summed E-state index contributed by atoms with van der Waals surface area (Å²) < 4.78 is 5.45. The number of anilines is 2. The maximum Gasteiger partial charge on any atom is 0.321 e. The molecule has 0 aromatic carbocycles. The predicted molar refractivity (Wildman–Crippen MR) is 68.4 cm³/mol. The van der Waals surface area contributed by atoms with E-state index in [9.17, 15) is 0 Å². The van der Waals surface area contributed by atoms with Crippen LogP contribution in [0.1, 0.15) is 26.7 Å². The van der Waals surface area contributed by atoms with Crippen molar-refractivity contribution in [3.63, 3.8) is 0 Å². The van der Waals surface area contributed by atoms with E-state index in [1.165, 1.54) is 0 Å². The first kappa shape index (κ1) is 12.5. The molecule has 0 atom stereocenters.